The third-order valence-corrected chi connectivity index (χ3v) is 3.18. The van der Waals surface area contributed by atoms with E-state index in [1.54, 1.807) is 0 Å². The van der Waals surface area contributed by atoms with Crippen molar-refractivity contribution in [1.29, 1.82) is 0 Å². The Hall–Kier alpha value is -0.650. The fourth-order valence-corrected chi connectivity index (χ4v) is 2.63. The molecule has 5 heteroatoms. The lowest BCUT2D eigenvalue weighted by molar-refractivity contribution is -0.135. The third kappa shape index (κ3) is 4.23. The summed E-state index contributed by atoms with van der Waals surface area (Å²) in [5.41, 5.74) is 5.43. The van der Waals surface area contributed by atoms with Gasteiger partial charge in [0.05, 0.1) is 18.2 Å². The minimum absolute atomic E-state index is 0.0803. The van der Waals surface area contributed by atoms with Crippen molar-refractivity contribution in [2.24, 2.45) is 11.7 Å². The van der Waals surface area contributed by atoms with Crippen LogP contribution in [0, 0.1) is 5.92 Å². The molecule has 18 heavy (non-hydrogen) atoms. The smallest absolute Gasteiger partial charge is 0.237 e. The Morgan fingerprint density at radius 1 is 1.39 bits per heavy atom. The van der Waals surface area contributed by atoms with Crippen LogP contribution in [-0.4, -0.2) is 55.2 Å². The van der Waals surface area contributed by atoms with E-state index in [1.807, 2.05) is 0 Å². The minimum atomic E-state index is -0.0923. The molecule has 0 aromatic heterocycles. The minimum Gasteiger partial charge on any atom is -0.373 e. The Balaban J connectivity index is 2.68. The molecule has 0 aromatic carbocycles. The lowest BCUT2D eigenvalue weighted by Crippen LogP contribution is -2.57. The van der Waals surface area contributed by atoms with E-state index in [0.717, 1.165) is 13.1 Å². The van der Waals surface area contributed by atoms with Crippen LogP contribution in [0.1, 0.15) is 27.7 Å². The maximum absolute atomic E-state index is 12.2. The predicted octanol–water partition coefficient (Wildman–Crippen LogP) is 0.195. The number of amides is 1. The van der Waals surface area contributed by atoms with Gasteiger partial charge in [0.25, 0.3) is 0 Å². The van der Waals surface area contributed by atoms with Gasteiger partial charge in [-0.15, -0.1) is 0 Å². The van der Waals surface area contributed by atoms with Crippen molar-refractivity contribution in [3.8, 4) is 0 Å². The number of morpholine rings is 1. The molecule has 0 aromatic rings. The molecule has 1 amide bonds. The highest BCUT2D eigenvalue weighted by Crippen LogP contribution is 2.18. The van der Waals surface area contributed by atoms with Crippen molar-refractivity contribution >= 4 is 5.91 Å². The van der Waals surface area contributed by atoms with Crippen molar-refractivity contribution in [2.45, 2.75) is 45.9 Å². The highest BCUT2D eigenvalue weighted by atomic mass is 16.5. The van der Waals surface area contributed by atoms with Crippen molar-refractivity contribution in [2.75, 3.05) is 26.2 Å². The fourth-order valence-electron chi connectivity index (χ4n) is 2.63. The summed E-state index contributed by atoms with van der Waals surface area (Å²) >= 11 is 0. The summed E-state index contributed by atoms with van der Waals surface area (Å²) in [7, 11) is 0. The molecule has 5 nitrogen and oxygen atoms in total. The molecule has 0 saturated carbocycles. The number of nitrogens with zero attached hydrogens (tertiary/aromatic N) is 1. The standard InChI is InChI=1S/C13H27N3O2/c1-9(2)12(13(17)15-6-5-14)16-7-10(3)18-11(4)8-16/h9-12H,5-8,14H2,1-4H3,(H,15,17). The van der Waals surface area contributed by atoms with Gasteiger partial charge in [-0.3, -0.25) is 9.69 Å². The first-order valence-corrected chi connectivity index (χ1v) is 6.83. The van der Waals surface area contributed by atoms with Gasteiger partial charge in [-0.25, -0.2) is 0 Å². The van der Waals surface area contributed by atoms with Gasteiger partial charge in [0, 0.05) is 26.2 Å². The number of carbonyl (C=O) groups is 1. The Labute approximate surface area is 110 Å². The molecule has 1 aliphatic rings. The van der Waals surface area contributed by atoms with E-state index in [0.29, 0.717) is 13.1 Å². The zero-order valence-corrected chi connectivity index (χ0v) is 12.0. The van der Waals surface area contributed by atoms with E-state index in [2.05, 4.69) is 37.9 Å². The molecule has 1 heterocycles. The molecule has 0 bridgehead atoms. The zero-order chi connectivity index (χ0) is 13.7. The van der Waals surface area contributed by atoms with E-state index in [-0.39, 0.29) is 30.1 Å². The topological polar surface area (TPSA) is 67.6 Å². The van der Waals surface area contributed by atoms with Crippen LogP contribution in [0.4, 0.5) is 0 Å². The highest BCUT2D eigenvalue weighted by Gasteiger charge is 2.33. The van der Waals surface area contributed by atoms with Crippen LogP contribution in [0.3, 0.4) is 0 Å². The van der Waals surface area contributed by atoms with Crippen LogP contribution in [0.25, 0.3) is 0 Å². The summed E-state index contributed by atoms with van der Waals surface area (Å²) in [6.07, 6.45) is 0.356. The van der Waals surface area contributed by atoms with Crippen LogP contribution in [0.5, 0.6) is 0 Å². The molecule has 106 valence electrons. The van der Waals surface area contributed by atoms with Gasteiger partial charge < -0.3 is 15.8 Å². The van der Waals surface area contributed by atoms with Crippen LogP contribution >= 0.6 is 0 Å². The van der Waals surface area contributed by atoms with Gasteiger partial charge in [0.2, 0.25) is 5.91 Å². The first-order valence-electron chi connectivity index (χ1n) is 6.83. The van der Waals surface area contributed by atoms with E-state index in [4.69, 9.17) is 10.5 Å². The largest absolute Gasteiger partial charge is 0.373 e. The molecule has 3 N–H and O–H groups in total. The second-order valence-corrected chi connectivity index (χ2v) is 5.48. The number of hydrogen-bond acceptors (Lipinski definition) is 4. The Kier molecular flexibility index (Phi) is 6.05. The SMILES string of the molecule is CC1CN(C(C(=O)NCCN)C(C)C)CC(C)O1. The molecule has 0 spiro atoms. The lowest BCUT2D eigenvalue weighted by atomic mass is 9.99. The predicted molar refractivity (Wildman–Crippen MR) is 72.3 cm³/mol. The van der Waals surface area contributed by atoms with E-state index < -0.39 is 0 Å². The Bertz CT molecular complexity index is 261. The van der Waals surface area contributed by atoms with Gasteiger partial charge in [-0.1, -0.05) is 13.8 Å². The van der Waals surface area contributed by atoms with Crippen LogP contribution in [0.2, 0.25) is 0 Å². The monoisotopic (exact) mass is 257 g/mol. The van der Waals surface area contributed by atoms with Crippen LogP contribution in [0.15, 0.2) is 0 Å². The second kappa shape index (κ2) is 7.07. The molecular weight excluding hydrogens is 230 g/mol. The first-order chi connectivity index (χ1) is 8.45. The molecule has 1 rings (SSSR count). The molecule has 3 atom stereocenters. The summed E-state index contributed by atoms with van der Waals surface area (Å²) in [6.45, 7) is 10.9. The van der Waals surface area contributed by atoms with Crippen molar-refractivity contribution in [1.82, 2.24) is 10.2 Å². The number of nitrogens with one attached hydrogen (secondary N) is 1. The zero-order valence-electron chi connectivity index (χ0n) is 12.0. The van der Waals surface area contributed by atoms with Crippen molar-refractivity contribution in [3.05, 3.63) is 0 Å². The summed E-state index contributed by atoms with van der Waals surface area (Å²) in [5, 5.41) is 2.89. The summed E-state index contributed by atoms with van der Waals surface area (Å²) in [6, 6.07) is -0.0923. The average Bonchev–Trinajstić information content (AvgIpc) is 2.24. The van der Waals surface area contributed by atoms with Crippen molar-refractivity contribution < 1.29 is 9.53 Å². The number of carbonyl (C=O) groups excluding carboxylic acids is 1. The van der Waals surface area contributed by atoms with Gasteiger partial charge in [0.15, 0.2) is 0 Å². The number of ether oxygens (including phenoxy) is 1. The van der Waals surface area contributed by atoms with E-state index in [9.17, 15) is 4.79 Å². The average molecular weight is 257 g/mol. The molecule has 1 saturated heterocycles. The van der Waals surface area contributed by atoms with Crippen LogP contribution < -0.4 is 11.1 Å². The maximum atomic E-state index is 12.2. The molecular formula is C13H27N3O2. The summed E-state index contributed by atoms with van der Waals surface area (Å²) in [5.74, 6) is 0.358. The number of hydrogen-bond donors (Lipinski definition) is 2. The van der Waals surface area contributed by atoms with Gasteiger partial charge in [-0.05, 0) is 19.8 Å². The third-order valence-electron chi connectivity index (χ3n) is 3.18. The molecule has 3 unspecified atom stereocenters. The summed E-state index contributed by atoms with van der Waals surface area (Å²) in [4.78, 5) is 14.4. The fraction of sp³-hybridized carbons (Fsp3) is 0.923. The normalized spacial score (nSPS) is 27.2. The quantitative estimate of drug-likeness (QED) is 0.738. The second-order valence-electron chi connectivity index (χ2n) is 5.48. The maximum Gasteiger partial charge on any atom is 0.237 e. The highest BCUT2D eigenvalue weighted by molar-refractivity contribution is 5.82. The van der Waals surface area contributed by atoms with Crippen LogP contribution in [-0.2, 0) is 9.53 Å². The summed E-state index contributed by atoms with van der Waals surface area (Å²) < 4.78 is 5.71. The lowest BCUT2D eigenvalue weighted by Gasteiger charge is -2.41. The van der Waals surface area contributed by atoms with E-state index in [1.165, 1.54) is 0 Å². The molecule has 0 radical (unpaired) electrons. The van der Waals surface area contributed by atoms with Gasteiger partial charge in [-0.2, -0.15) is 0 Å². The molecule has 0 aliphatic carbocycles. The number of nitrogens with two attached hydrogens (primary N) is 1. The molecule has 1 fully saturated rings. The van der Waals surface area contributed by atoms with Gasteiger partial charge in [0.1, 0.15) is 0 Å². The number of rotatable bonds is 5. The first kappa shape index (κ1) is 15.4. The van der Waals surface area contributed by atoms with E-state index >= 15 is 0 Å². The Morgan fingerprint density at radius 2 is 1.94 bits per heavy atom. The Morgan fingerprint density at radius 3 is 2.39 bits per heavy atom. The molecule has 1 aliphatic heterocycles. The van der Waals surface area contributed by atoms with Crippen molar-refractivity contribution in [3.63, 3.8) is 0 Å². The van der Waals surface area contributed by atoms with Gasteiger partial charge >= 0.3 is 0 Å².